The first kappa shape index (κ1) is 21.1. The molecular weight excluding hydrogens is 428 g/mol. The summed E-state index contributed by atoms with van der Waals surface area (Å²) in [6.07, 6.45) is 4.81. The number of aromatic nitrogens is 3. The molecule has 0 radical (unpaired) electrons. The highest BCUT2D eigenvalue weighted by Crippen LogP contribution is 2.48. The van der Waals surface area contributed by atoms with Crippen molar-refractivity contribution in [2.24, 2.45) is 0 Å². The maximum Gasteiger partial charge on any atom is 0.258 e. The number of fused-ring (bicyclic) bond motifs is 1. The van der Waals surface area contributed by atoms with Crippen molar-refractivity contribution < 1.29 is 18.3 Å². The molecule has 0 N–H and O–H groups in total. The average Bonchev–Trinajstić information content (AvgIpc) is 3.24. The number of carbonyl (C=O) groups excluding carboxylic acids is 1. The van der Waals surface area contributed by atoms with Crippen molar-refractivity contribution in [3.8, 4) is 17.6 Å². The number of halogens is 2. The van der Waals surface area contributed by atoms with Crippen LogP contribution in [0.1, 0.15) is 52.0 Å². The summed E-state index contributed by atoms with van der Waals surface area (Å²) in [7, 11) is 1.39. The molecule has 0 bridgehead atoms. The van der Waals surface area contributed by atoms with Gasteiger partial charge in [0.15, 0.2) is 5.82 Å². The summed E-state index contributed by atoms with van der Waals surface area (Å²) in [5.41, 5.74) is 0.661. The number of nitrogens with zero attached hydrogens (tertiary/aromatic N) is 5. The van der Waals surface area contributed by atoms with Crippen molar-refractivity contribution in [1.82, 2.24) is 19.7 Å². The maximum absolute atomic E-state index is 15.5. The Hall–Kier alpha value is -3.80. The van der Waals surface area contributed by atoms with Crippen molar-refractivity contribution in [3.63, 3.8) is 0 Å². The van der Waals surface area contributed by atoms with E-state index in [2.05, 4.69) is 10.1 Å². The number of methoxy groups -OCH3 is 1. The number of carbonyl (C=O) groups is 1. The largest absolute Gasteiger partial charge is 0.495 e. The van der Waals surface area contributed by atoms with Crippen LogP contribution in [-0.4, -0.2) is 39.2 Å². The van der Waals surface area contributed by atoms with Crippen LogP contribution in [0, 0.1) is 17.1 Å². The number of hydrogen-bond acceptors (Lipinski definition) is 5. The Morgan fingerprint density at radius 3 is 2.73 bits per heavy atom. The Bertz CT molecular complexity index is 1280. The van der Waals surface area contributed by atoms with E-state index in [4.69, 9.17) is 4.74 Å². The number of rotatable bonds is 4. The first-order valence-corrected chi connectivity index (χ1v) is 10.7. The van der Waals surface area contributed by atoms with Crippen molar-refractivity contribution in [2.45, 2.75) is 37.9 Å². The monoisotopic (exact) mass is 449 g/mol. The number of ether oxygens (including phenoxy) is 1. The van der Waals surface area contributed by atoms with E-state index in [9.17, 15) is 14.4 Å². The molecule has 3 heterocycles. The second-order valence-electron chi connectivity index (χ2n) is 8.36. The number of pyridine rings is 1. The van der Waals surface area contributed by atoms with Gasteiger partial charge in [0, 0.05) is 36.8 Å². The quantitative estimate of drug-likeness (QED) is 0.604. The van der Waals surface area contributed by atoms with E-state index in [1.165, 1.54) is 25.3 Å². The Labute approximate surface area is 189 Å². The lowest BCUT2D eigenvalue weighted by Crippen LogP contribution is -2.39. The third kappa shape index (κ3) is 3.52. The minimum atomic E-state index is -1.59. The lowest BCUT2D eigenvalue weighted by atomic mass is 9.74. The molecule has 2 aliphatic rings. The fourth-order valence-corrected chi connectivity index (χ4v) is 4.49. The first-order chi connectivity index (χ1) is 15.9. The predicted molar refractivity (Wildman–Crippen MR) is 114 cm³/mol. The number of benzene rings is 1. The standard InChI is InChI=1S/C24H21F2N5O2/c1-33-22-15(11-27)3-5-18(24(26)8-2-9-24)21(22)23(32)30-10-7-19-16(13-30)14-31(29-19)20-6-4-17(25)12-28-20/h3-6,12,14H,2,7-10,13H2,1H3. The maximum atomic E-state index is 15.5. The van der Waals surface area contributed by atoms with Gasteiger partial charge in [-0.15, -0.1) is 0 Å². The molecule has 1 aromatic carbocycles. The Balaban J connectivity index is 1.49. The normalized spacial score (nSPS) is 16.5. The summed E-state index contributed by atoms with van der Waals surface area (Å²) in [4.78, 5) is 19.3. The van der Waals surface area contributed by atoms with Gasteiger partial charge in [-0.05, 0) is 37.5 Å². The van der Waals surface area contributed by atoms with Gasteiger partial charge in [-0.1, -0.05) is 6.07 Å². The first-order valence-electron chi connectivity index (χ1n) is 10.7. The van der Waals surface area contributed by atoms with E-state index >= 15 is 4.39 Å². The molecule has 168 valence electrons. The molecule has 1 amide bonds. The van der Waals surface area contributed by atoms with Crippen molar-refractivity contribution in [1.29, 1.82) is 5.26 Å². The Kier molecular flexibility index (Phi) is 5.08. The van der Waals surface area contributed by atoms with Crippen LogP contribution < -0.4 is 4.74 Å². The molecule has 3 aromatic rings. The van der Waals surface area contributed by atoms with Crippen LogP contribution in [0.3, 0.4) is 0 Å². The van der Waals surface area contributed by atoms with Crippen molar-refractivity contribution in [2.75, 3.05) is 13.7 Å². The lowest BCUT2D eigenvalue weighted by Gasteiger charge is -2.37. The Morgan fingerprint density at radius 1 is 1.27 bits per heavy atom. The predicted octanol–water partition coefficient (Wildman–Crippen LogP) is 3.83. The fourth-order valence-electron chi connectivity index (χ4n) is 4.49. The molecule has 1 fully saturated rings. The Morgan fingerprint density at radius 2 is 2.09 bits per heavy atom. The van der Waals surface area contributed by atoms with E-state index in [0.717, 1.165) is 23.9 Å². The molecule has 0 spiro atoms. The van der Waals surface area contributed by atoms with Crippen LogP contribution in [0.5, 0.6) is 5.75 Å². The molecule has 0 saturated heterocycles. The van der Waals surface area contributed by atoms with Crippen molar-refractivity contribution in [3.05, 3.63) is 70.4 Å². The minimum absolute atomic E-state index is 0.112. The van der Waals surface area contributed by atoms with Crippen LogP contribution in [0.25, 0.3) is 5.82 Å². The van der Waals surface area contributed by atoms with Gasteiger partial charge in [0.05, 0.1) is 30.1 Å². The molecule has 0 unspecified atom stereocenters. The molecule has 2 aromatic heterocycles. The topological polar surface area (TPSA) is 84.0 Å². The average molecular weight is 449 g/mol. The molecule has 1 saturated carbocycles. The number of nitriles is 1. The van der Waals surface area contributed by atoms with Gasteiger partial charge >= 0.3 is 0 Å². The van der Waals surface area contributed by atoms with Crippen LogP contribution in [0.4, 0.5) is 8.78 Å². The molecule has 1 aliphatic heterocycles. The zero-order valence-corrected chi connectivity index (χ0v) is 18.0. The van der Waals surface area contributed by atoms with Gasteiger partial charge in [0.1, 0.15) is 23.3 Å². The van der Waals surface area contributed by atoms with Crippen molar-refractivity contribution >= 4 is 5.91 Å². The van der Waals surface area contributed by atoms with Gasteiger partial charge < -0.3 is 9.64 Å². The van der Waals surface area contributed by atoms with E-state index in [0.29, 0.717) is 31.6 Å². The summed E-state index contributed by atoms with van der Waals surface area (Å²) >= 11 is 0. The molecule has 33 heavy (non-hydrogen) atoms. The zero-order chi connectivity index (χ0) is 23.2. The highest BCUT2D eigenvalue weighted by molar-refractivity contribution is 5.99. The summed E-state index contributed by atoms with van der Waals surface area (Å²) in [5, 5.41) is 14.0. The summed E-state index contributed by atoms with van der Waals surface area (Å²) in [6.45, 7) is 0.659. The fraction of sp³-hybridized carbons (Fsp3) is 0.333. The van der Waals surface area contributed by atoms with Crippen LogP contribution in [0.15, 0.2) is 36.7 Å². The van der Waals surface area contributed by atoms with E-state index in [1.807, 2.05) is 6.07 Å². The molecule has 9 heteroatoms. The summed E-state index contributed by atoms with van der Waals surface area (Å²) < 4.78 is 35.7. The molecule has 0 atom stereocenters. The molecule has 5 rings (SSSR count). The minimum Gasteiger partial charge on any atom is -0.495 e. The molecule has 1 aliphatic carbocycles. The third-order valence-corrected chi connectivity index (χ3v) is 6.42. The van der Waals surface area contributed by atoms with Crippen LogP contribution >= 0.6 is 0 Å². The van der Waals surface area contributed by atoms with Gasteiger partial charge in [-0.2, -0.15) is 10.4 Å². The summed E-state index contributed by atoms with van der Waals surface area (Å²) in [5.74, 6) is -0.227. The lowest BCUT2D eigenvalue weighted by molar-refractivity contribution is 0.0550. The molecular formula is C24H21F2N5O2. The SMILES string of the molecule is COc1c(C#N)ccc(C2(F)CCC2)c1C(=O)N1CCc2nn(-c3ccc(F)cn3)cc2C1. The van der Waals surface area contributed by atoms with Crippen LogP contribution in [0.2, 0.25) is 0 Å². The third-order valence-electron chi connectivity index (χ3n) is 6.42. The number of alkyl halides is 1. The van der Waals surface area contributed by atoms with Crippen LogP contribution in [-0.2, 0) is 18.6 Å². The second-order valence-corrected chi connectivity index (χ2v) is 8.36. The molecule has 7 nitrogen and oxygen atoms in total. The highest BCUT2D eigenvalue weighted by atomic mass is 19.1. The van der Waals surface area contributed by atoms with E-state index in [-0.39, 0.29) is 34.9 Å². The van der Waals surface area contributed by atoms with E-state index in [1.54, 1.807) is 21.8 Å². The van der Waals surface area contributed by atoms with E-state index < -0.39 is 11.5 Å². The zero-order valence-electron chi connectivity index (χ0n) is 18.0. The van der Waals surface area contributed by atoms with Gasteiger partial charge in [-0.3, -0.25) is 4.79 Å². The van der Waals surface area contributed by atoms with Gasteiger partial charge in [0.2, 0.25) is 0 Å². The summed E-state index contributed by atoms with van der Waals surface area (Å²) in [6, 6.07) is 7.93. The van der Waals surface area contributed by atoms with Gasteiger partial charge in [0.25, 0.3) is 5.91 Å². The highest BCUT2D eigenvalue weighted by Gasteiger charge is 2.43. The van der Waals surface area contributed by atoms with Gasteiger partial charge in [-0.25, -0.2) is 18.4 Å². The second kappa shape index (κ2) is 7.96. The smallest absolute Gasteiger partial charge is 0.258 e. The number of amides is 1. The number of hydrogen-bond donors (Lipinski definition) is 0.